The topological polar surface area (TPSA) is 312 Å². The van der Waals surface area contributed by atoms with Crippen molar-refractivity contribution >= 4 is 5.97 Å². The lowest BCUT2D eigenvalue weighted by atomic mass is 9.86. The number of hydrogen-bond donors (Lipinski definition) is 11. The minimum absolute atomic E-state index is 0.694. The highest BCUT2D eigenvalue weighted by Crippen LogP contribution is 2.35. The van der Waals surface area contributed by atoms with Crippen molar-refractivity contribution < 1.29 is 74.1 Å². The molecule has 0 aromatic rings. The van der Waals surface area contributed by atoms with Crippen LogP contribution >= 0.6 is 0 Å². The standard InChI is InChI=1S/C23H43N3O15/c1-22(2,3)41-21(35)23(6-29)17(33)14(32)11(26)20(40-23)39-16-8(5-28)37-19(10(25)13(16)31)38-15-7(4-27)36-18(34)9(24)12(15)30/h7-20,27-34H,4-6,24-26H2,1-3H3/t7-,8-,9-,10-,11-,12-,13-,14-,15?,16?,17+,18-,19+,20+,23-/m1/s1. The molecule has 3 aliphatic heterocycles. The highest BCUT2D eigenvalue weighted by atomic mass is 16.7. The summed E-state index contributed by atoms with van der Waals surface area (Å²) in [6.45, 7) is 1.94. The van der Waals surface area contributed by atoms with Crippen LogP contribution in [0.25, 0.3) is 0 Å². The Kier molecular flexibility index (Phi) is 11.1. The summed E-state index contributed by atoms with van der Waals surface area (Å²) in [6, 6.07) is -4.29. The van der Waals surface area contributed by atoms with Crippen LogP contribution in [0.1, 0.15) is 20.8 Å². The van der Waals surface area contributed by atoms with E-state index in [0.29, 0.717) is 0 Å². The van der Waals surface area contributed by atoms with Crippen molar-refractivity contribution in [3.8, 4) is 0 Å². The molecule has 15 atom stereocenters. The van der Waals surface area contributed by atoms with Gasteiger partial charge in [-0.15, -0.1) is 0 Å². The summed E-state index contributed by atoms with van der Waals surface area (Å²) in [6.07, 6.45) is -17.6. The van der Waals surface area contributed by atoms with Crippen LogP contribution in [-0.2, 0) is 33.2 Å². The van der Waals surface area contributed by atoms with E-state index < -0.39 is 123 Å². The summed E-state index contributed by atoms with van der Waals surface area (Å²) in [4.78, 5) is 13.0. The molecule has 18 nitrogen and oxygen atoms in total. The van der Waals surface area contributed by atoms with Crippen LogP contribution in [0.4, 0.5) is 0 Å². The Labute approximate surface area is 235 Å². The van der Waals surface area contributed by atoms with Crippen molar-refractivity contribution in [1.29, 1.82) is 0 Å². The van der Waals surface area contributed by atoms with E-state index in [9.17, 15) is 45.6 Å². The molecule has 18 heteroatoms. The summed E-state index contributed by atoms with van der Waals surface area (Å²) in [5.41, 5.74) is 14.2. The van der Waals surface area contributed by atoms with Crippen LogP contribution in [0.5, 0.6) is 0 Å². The Morgan fingerprint density at radius 1 is 0.780 bits per heavy atom. The van der Waals surface area contributed by atoms with Crippen LogP contribution in [0, 0.1) is 0 Å². The number of nitrogens with two attached hydrogens (primary N) is 3. The normalized spacial score (nSPS) is 47.7. The van der Waals surface area contributed by atoms with E-state index >= 15 is 0 Å². The van der Waals surface area contributed by atoms with Gasteiger partial charge < -0.3 is 86.5 Å². The first-order valence-electron chi connectivity index (χ1n) is 13.1. The Balaban J connectivity index is 1.81. The molecule has 3 fully saturated rings. The molecule has 3 heterocycles. The van der Waals surface area contributed by atoms with Gasteiger partial charge in [0.1, 0.15) is 54.4 Å². The fraction of sp³-hybridized carbons (Fsp3) is 0.957. The van der Waals surface area contributed by atoms with Gasteiger partial charge in [0.05, 0.1) is 37.9 Å². The lowest BCUT2D eigenvalue weighted by Gasteiger charge is -2.50. The van der Waals surface area contributed by atoms with Gasteiger partial charge in [0, 0.05) is 0 Å². The maximum Gasteiger partial charge on any atom is 0.344 e. The summed E-state index contributed by atoms with van der Waals surface area (Å²) in [5.74, 6) is -1.22. The number of hydrogen-bond acceptors (Lipinski definition) is 18. The Bertz CT molecular complexity index is 878. The van der Waals surface area contributed by atoms with Gasteiger partial charge in [-0.2, -0.15) is 0 Å². The maximum absolute atomic E-state index is 13.0. The van der Waals surface area contributed by atoms with Gasteiger partial charge in [0.15, 0.2) is 18.9 Å². The van der Waals surface area contributed by atoms with Crippen molar-refractivity contribution in [3.63, 3.8) is 0 Å². The molecule has 3 aliphatic rings. The monoisotopic (exact) mass is 601 g/mol. The third-order valence-electron chi connectivity index (χ3n) is 7.22. The number of ether oxygens (including phenoxy) is 6. The van der Waals surface area contributed by atoms with Gasteiger partial charge in [0.25, 0.3) is 0 Å². The van der Waals surface area contributed by atoms with Crippen LogP contribution < -0.4 is 17.2 Å². The zero-order valence-electron chi connectivity index (χ0n) is 22.9. The Hall–Kier alpha value is -1.17. The van der Waals surface area contributed by atoms with Gasteiger partial charge in [-0.25, -0.2) is 4.79 Å². The van der Waals surface area contributed by atoms with E-state index in [1.165, 1.54) is 20.8 Å². The van der Waals surface area contributed by atoms with E-state index in [2.05, 4.69) is 0 Å². The molecule has 0 spiro atoms. The first-order valence-corrected chi connectivity index (χ1v) is 13.1. The van der Waals surface area contributed by atoms with E-state index in [4.69, 9.17) is 45.6 Å². The van der Waals surface area contributed by atoms with E-state index in [1.54, 1.807) is 0 Å². The Morgan fingerprint density at radius 3 is 1.78 bits per heavy atom. The molecular weight excluding hydrogens is 558 g/mol. The number of carbonyl (C=O) groups excluding carboxylic acids is 1. The summed E-state index contributed by atoms with van der Waals surface area (Å²) >= 11 is 0. The molecule has 240 valence electrons. The van der Waals surface area contributed by atoms with Crippen LogP contribution in [-0.4, -0.2) is 164 Å². The zero-order valence-corrected chi connectivity index (χ0v) is 22.9. The van der Waals surface area contributed by atoms with Gasteiger partial charge in [0.2, 0.25) is 5.60 Å². The molecule has 41 heavy (non-hydrogen) atoms. The van der Waals surface area contributed by atoms with Gasteiger partial charge >= 0.3 is 5.97 Å². The summed E-state index contributed by atoms with van der Waals surface area (Å²) in [7, 11) is 0. The minimum atomic E-state index is -2.53. The van der Waals surface area contributed by atoms with Crippen molar-refractivity contribution in [3.05, 3.63) is 0 Å². The van der Waals surface area contributed by atoms with Crippen LogP contribution in [0.15, 0.2) is 0 Å². The second-order valence-electron chi connectivity index (χ2n) is 11.4. The number of aliphatic hydroxyl groups is 8. The molecule has 0 aliphatic carbocycles. The smallest absolute Gasteiger partial charge is 0.344 e. The van der Waals surface area contributed by atoms with Gasteiger partial charge in [-0.05, 0) is 20.8 Å². The second-order valence-corrected chi connectivity index (χ2v) is 11.4. The summed E-state index contributed by atoms with van der Waals surface area (Å²) in [5, 5.41) is 82.3. The zero-order chi connectivity index (χ0) is 31.0. The average Bonchev–Trinajstić information content (AvgIpc) is 2.91. The third kappa shape index (κ3) is 6.83. The lowest BCUT2D eigenvalue weighted by Crippen LogP contribution is -2.73. The predicted octanol–water partition coefficient (Wildman–Crippen LogP) is -6.96. The van der Waals surface area contributed by atoms with Gasteiger partial charge in [-0.1, -0.05) is 0 Å². The fourth-order valence-electron chi connectivity index (χ4n) is 4.81. The molecule has 0 radical (unpaired) electrons. The van der Waals surface area contributed by atoms with E-state index in [0.717, 1.165) is 0 Å². The first-order chi connectivity index (χ1) is 19.0. The fourth-order valence-corrected chi connectivity index (χ4v) is 4.81. The molecule has 3 saturated heterocycles. The van der Waals surface area contributed by atoms with Crippen LogP contribution in [0.3, 0.4) is 0 Å². The quantitative estimate of drug-likeness (QED) is 0.115. The number of aliphatic hydroxyl groups excluding tert-OH is 8. The third-order valence-corrected chi connectivity index (χ3v) is 7.22. The molecule has 2 unspecified atom stereocenters. The molecule has 0 amide bonds. The first kappa shape index (κ1) is 34.3. The van der Waals surface area contributed by atoms with E-state index in [1.807, 2.05) is 0 Å². The van der Waals surface area contributed by atoms with Crippen molar-refractivity contribution in [1.82, 2.24) is 0 Å². The van der Waals surface area contributed by atoms with Gasteiger partial charge in [-0.3, -0.25) is 0 Å². The van der Waals surface area contributed by atoms with Crippen molar-refractivity contribution in [2.75, 3.05) is 19.8 Å². The van der Waals surface area contributed by atoms with Crippen molar-refractivity contribution in [2.24, 2.45) is 17.2 Å². The predicted molar refractivity (Wildman–Crippen MR) is 132 cm³/mol. The highest BCUT2D eigenvalue weighted by Gasteiger charge is 2.60. The SMILES string of the molecule is CC(C)(C)OC(=O)[C@]1(CO)O[C@H](OC2[C@@H](CO)O[C@@H](OC3[C@@H](CO)O[C@@H](O)[C@H](N)[C@H]3O)[C@H](N)[C@H]2O)[C@H](N)[C@@H](O)[C@@H]1O. The molecule has 0 aromatic heterocycles. The maximum atomic E-state index is 13.0. The molecule has 14 N–H and O–H groups in total. The van der Waals surface area contributed by atoms with E-state index in [-0.39, 0.29) is 0 Å². The molecule has 0 saturated carbocycles. The second kappa shape index (κ2) is 13.2. The summed E-state index contributed by atoms with van der Waals surface area (Å²) < 4.78 is 33.1. The number of esters is 1. The lowest BCUT2D eigenvalue weighted by molar-refractivity contribution is -0.358. The van der Waals surface area contributed by atoms with Crippen LogP contribution in [0.2, 0.25) is 0 Å². The minimum Gasteiger partial charge on any atom is -0.458 e. The number of carbonyl (C=O) groups is 1. The average molecular weight is 602 g/mol. The molecular formula is C23H43N3O15. The highest BCUT2D eigenvalue weighted by molar-refractivity contribution is 5.81. The number of rotatable bonds is 8. The van der Waals surface area contributed by atoms with Crippen molar-refractivity contribution in [2.45, 2.75) is 118 Å². The molecule has 0 aromatic carbocycles. The molecule has 0 bridgehead atoms. The largest absolute Gasteiger partial charge is 0.458 e. The Morgan fingerprint density at radius 2 is 1.27 bits per heavy atom. The molecule has 3 rings (SSSR count).